The van der Waals surface area contributed by atoms with Gasteiger partial charge < -0.3 is 10.1 Å². The Kier molecular flexibility index (Phi) is 3.89. The van der Waals surface area contributed by atoms with Crippen LogP contribution < -0.4 is 0 Å². The lowest BCUT2D eigenvalue weighted by Gasteiger charge is -2.59. The van der Waals surface area contributed by atoms with Gasteiger partial charge in [-0.3, -0.25) is 4.79 Å². The van der Waals surface area contributed by atoms with Crippen LogP contribution in [-0.2, 0) is 11.2 Å². The Bertz CT molecular complexity index is 1080. The minimum Gasteiger partial charge on any atom is -0.478 e. The lowest BCUT2D eigenvalue weighted by Crippen LogP contribution is -2.54. The van der Waals surface area contributed by atoms with Crippen LogP contribution in [0.4, 0.5) is 0 Å². The third-order valence-electron chi connectivity index (χ3n) is 7.86. The minimum absolute atomic E-state index is 0.0960. The van der Waals surface area contributed by atoms with E-state index < -0.39 is 5.97 Å². The number of H-pyrrole nitrogens is 1. The van der Waals surface area contributed by atoms with Crippen LogP contribution in [0.1, 0.15) is 55.2 Å². The highest BCUT2D eigenvalue weighted by atomic mass is 16.4. The van der Waals surface area contributed by atoms with Crippen LogP contribution in [0.15, 0.2) is 42.5 Å². The molecule has 0 radical (unpaired) electrons. The first-order valence-corrected chi connectivity index (χ1v) is 10.4. The van der Waals surface area contributed by atoms with Crippen LogP contribution in [0.5, 0.6) is 0 Å². The second kappa shape index (κ2) is 6.15. The highest BCUT2D eigenvalue weighted by molar-refractivity contribution is 5.96. The number of hydrogen-bond donors (Lipinski definition) is 2. The van der Waals surface area contributed by atoms with Gasteiger partial charge in [-0.05, 0) is 73.6 Å². The summed E-state index contributed by atoms with van der Waals surface area (Å²) in [5.74, 6) is 1.01. The molecule has 2 bridgehead atoms. The normalized spacial score (nSPS) is 33.3. The Morgan fingerprint density at radius 3 is 3.00 bits per heavy atom. The number of aromatic amines is 1. The molecule has 4 aliphatic carbocycles. The minimum atomic E-state index is -0.950. The molecule has 3 fully saturated rings. The average Bonchev–Trinajstić information content (AvgIpc) is 3.12. The van der Waals surface area contributed by atoms with Crippen LogP contribution in [0.3, 0.4) is 0 Å². The van der Waals surface area contributed by atoms with Crippen LogP contribution in [0.25, 0.3) is 11.0 Å². The number of benzene rings is 1. The molecule has 1 heterocycles. The van der Waals surface area contributed by atoms with Gasteiger partial charge in [-0.15, -0.1) is 0 Å². The van der Waals surface area contributed by atoms with E-state index >= 15 is 0 Å². The van der Waals surface area contributed by atoms with Gasteiger partial charge in [0.2, 0.25) is 0 Å². The maximum absolute atomic E-state index is 13.0. The molecule has 29 heavy (non-hydrogen) atoms. The molecular formula is C24H26N2O3. The Morgan fingerprint density at radius 1 is 1.41 bits per heavy atom. The van der Waals surface area contributed by atoms with Crippen LogP contribution >= 0.6 is 0 Å². The predicted octanol–water partition coefficient (Wildman–Crippen LogP) is 4.70. The van der Waals surface area contributed by atoms with Gasteiger partial charge in [-0.2, -0.15) is 0 Å². The van der Waals surface area contributed by atoms with E-state index in [1.165, 1.54) is 12.0 Å². The molecule has 3 saturated carbocycles. The molecule has 1 spiro atoms. The highest BCUT2D eigenvalue weighted by Crippen LogP contribution is 2.64. The van der Waals surface area contributed by atoms with Crippen molar-refractivity contribution < 1.29 is 14.7 Å². The second-order valence-corrected chi connectivity index (χ2v) is 9.43. The molecular weight excluding hydrogens is 364 g/mol. The first-order chi connectivity index (χ1) is 13.8. The third kappa shape index (κ3) is 2.70. The number of allylic oxidation sites excluding steroid dienone is 3. The zero-order valence-electron chi connectivity index (χ0n) is 16.7. The van der Waals surface area contributed by atoms with Crippen LogP contribution in [-0.4, -0.2) is 26.8 Å². The van der Waals surface area contributed by atoms with Gasteiger partial charge >= 0.3 is 5.97 Å². The summed E-state index contributed by atoms with van der Waals surface area (Å²) in [4.78, 5) is 32.1. The standard InChI is InChI=1S/C24H26N2O3/c1-14-13-24-9-5-15(14)12-19(24)23(2,20(27)6-10-24)8-7-21-25-17-4-3-16(22(28)29)11-18(17)26-21/h3-4,6,10-11,15,19H,1,5,7-9,12-13H2,2H3,(H,25,26)(H,28,29)/t15-,19-,23-,24+/m0/s1. The van der Waals surface area contributed by atoms with E-state index in [0.717, 1.165) is 42.5 Å². The van der Waals surface area contributed by atoms with E-state index in [0.29, 0.717) is 18.3 Å². The number of carbonyl (C=O) groups is 2. The van der Waals surface area contributed by atoms with Gasteiger partial charge in [0, 0.05) is 11.8 Å². The Hall–Kier alpha value is -2.69. The van der Waals surface area contributed by atoms with Crippen molar-refractivity contribution in [2.75, 3.05) is 0 Å². The fourth-order valence-electron chi connectivity index (χ4n) is 6.15. The Labute approximate surface area is 169 Å². The first kappa shape index (κ1) is 18.3. The summed E-state index contributed by atoms with van der Waals surface area (Å²) >= 11 is 0. The number of nitrogens with zero attached hydrogens (tertiary/aromatic N) is 1. The molecule has 5 heteroatoms. The van der Waals surface area contributed by atoms with Crippen molar-refractivity contribution in [2.45, 2.75) is 45.4 Å². The smallest absolute Gasteiger partial charge is 0.335 e. The number of fused-ring (bicyclic) bond motifs is 3. The number of aromatic carboxylic acids is 1. The molecule has 0 aliphatic heterocycles. The largest absolute Gasteiger partial charge is 0.478 e. The van der Waals surface area contributed by atoms with E-state index in [1.54, 1.807) is 18.2 Å². The van der Waals surface area contributed by atoms with Crippen molar-refractivity contribution in [3.05, 3.63) is 53.9 Å². The van der Waals surface area contributed by atoms with E-state index in [4.69, 9.17) is 0 Å². The molecule has 0 amide bonds. The Morgan fingerprint density at radius 2 is 2.24 bits per heavy atom. The summed E-state index contributed by atoms with van der Waals surface area (Å²) in [7, 11) is 0. The lowest BCUT2D eigenvalue weighted by molar-refractivity contribution is -0.135. The number of aryl methyl sites for hydroxylation is 1. The summed E-state index contributed by atoms with van der Waals surface area (Å²) in [6, 6.07) is 4.92. The van der Waals surface area contributed by atoms with Gasteiger partial charge in [0.1, 0.15) is 5.82 Å². The maximum Gasteiger partial charge on any atom is 0.335 e. The van der Waals surface area contributed by atoms with Crippen LogP contribution in [0, 0.1) is 22.7 Å². The van der Waals surface area contributed by atoms with E-state index in [1.807, 2.05) is 6.08 Å². The van der Waals surface area contributed by atoms with Crippen molar-refractivity contribution in [3.63, 3.8) is 0 Å². The topological polar surface area (TPSA) is 83.1 Å². The van der Waals surface area contributed by atoms with E-state index in [-0.39, 0.29) is 22.2 Å². The van der Waals surface area contributed by atoms with Gasteiger partial charge in [0.05, 0.1) is 16.6 Å². The Balaban J connectivity index is 1.42. The maximum atomic E-state index is 13.0. The molecule has 0 saturated heterocycles. The molecule has 4 aliphatic rings. The number of carboxylic acids is 1. The summed E-state index contributed by atoms with van der Waals surface area (Å²) in [5.41, 5.74) is 2.80. The summed E-state index contributed by atoms with van der Waals surface area (Å²) in [5, 5.41) is 9.18. The van der Waals surface area contributed by atoms with Crippen molar-refractivity contribution in [3.8, 4) is 0 Å². The zero-order chi connectivity index (χ0) is 20.4. The number of carboxylic acid groups (broad SMARTS) is 1. The number of nitrogens with one attached hydrogen (secondary N) is 1. The molecule has 150 valence electrons. The fourth-order valence-corrected chi connectivity index (χ4v) is 6.15. The molecule has 5 nitrogen and oxygen atoms in total. The number of carbonyl (C=O) groups excluding carboxylic acids is 1. The third-order valence-corrected chi connectivity index (χ3v) is 7.86. The summed E-state index contributed by atoms with van der Waals surface area (Å²) in [6.07, 6.45) is 9.86. The van der Waals surface area contributed by atoms with Crippen molar-refractivity contribution in [1.82, 2.24) is 9.97 Å². The van der Waals surface area contributed by atoms with E-state index in [9.17, 15) is 14.7 Å². The lowest BCUT2D eigenvalue weighted by atomic mass is 9.44. The SMILES string of the molecule is C=C1C[C@@]23C=CC(=O)[C@@](C)(CCc4nc5ccc(C(=O)O)cc5[nH]4)[C@@H]2C[C@@H]1CC3. The molecule has 2 aromatic rings. The number of hydrogen-bond acceptors (Lipinski definition) is 3. The second-order valence-electron chi connectivity index (χ2n) is 9.43. The van der Waals surface area contributed by atoms with Crippen molar-refractivity contribution >= 4 is 22.8 Å². The number of aromatic nitrogens is 2. The molecule has 6 rings (SSSR count). The van der Waals surface area contributed by atoms with Gasteiger partial charge in [-0.25, -0.2) is 9.78 Å². The average molecular weight is 390 g/mol. The molecule has 4 atom stereocenters. The van der Waals surface area contributed by atoms with Crippen molar-refractivity contribution in [1.29, 1.82) is 0 Å². The molecule has 1 aromatic heterocycles. The first-order valence-electron chi connectivity index (χ1n) is 10.4. The molecule has 0 unspecified atom stereocenters. The number of imidazole rings is 1. The van der Waals surface area contributed by atoms with Crippen LogP contribution in [0.2, 0.25) is 0 Å². The predicted molar refractivity (Wildman–Crippen MR) is 111 cm³/mol. The number of ketones is 1. The highest BCUT2D eigenvalue weighted by Gasteiger charge is 2.58. The number of rotatable bonds is 4. The quantitative estimate of drug-likeness (QED) is 0.741. The molecule has 1 aromatic carbocycles. The summed E-state index contributed by atoms with van der Waals surface area (Å²) in [6.45, 7) is 6.45. The monoisotopic (exact) mass is 390 g/mol. The van der Waals surface area contributed by atoms with Gasteiger partial charge in [0.25, 0.3) is 0 Å². The molecule has 2 N–H and O–H groups in total. The fraction of sp³-hybridized carbons (Fsp3) is 0.458. The van der Waals surface area contributed by atoms with E-state index in [2.05, 4.69) is 29.5 Å². The van der Waals surface area contributed by atoms with Gasteiger partial charge in [-0.1, -0.05) is 25.2 Å². The van der Waals surface area contributed by atoms with Crippen molar-refractivity contribution in [2.24, 2.45) is 22.7 Å². The zero-order valence-corrected chi connectivity index (χ0v) is 16.7. The van der Waals surface area contributed by atoms with Gasteiger partial charge in [0.15, 0.2) is 5.78 Å². The summed E-state index contributed by atoms with van der Waals surface area (Å²) < 4.78 is 0.